The molecule has 2 aromatic carbocycles. The highest BCUT2D eigenvalue weighted by atomic mass is 19.4. The van der Waals surface area contributed by atoms with Crippen LogP contribution in [0.1, 0.15) is 16.7 Å². The van der Waals surface area contributed by atoms with Crippen molar-refractivity contribution in [3.8, 4) is 0 Å². The number of nitrogens with zero attached hydrogens (tertiary/aromatic N) is 1. The van der Waals surface area contributed by atoms with Crippen molar-refractivity contribution in [2.24, 2.45) is 0 Å². The fraction of sp³-hybridized carbons (Fsp3) is 0.278. The Labute approximate surface area is 162 Å². The summed E-state index contributed by atoms with van der Waals surface area (Å²) < 4.78 is 124. The van der Waals surface area contributed by atoms with Gasteiger partial charge in [-0.3, -0.25) is 4.90 Å². The van der Waals surface area contributed by atoms with Crippen LogP contribution in [0.4, 0.5) is 50.0 Å². The number of cyclic esters (lactones) is 1. The lowest BCUT2D eigenvalue weighted by atomic mass is 9.91. The van der Waals surface area contributed by atoms with E-state index in [9.17, 15) is 44.3 Å². The van der Waals surface area contributed by atoms with Gasteiger partial charge in [0.15, 0.2) is 0 Å². The second kappa shape index (κ2) is 6.81. The summed E-state index contributed by atoms with van der Waals surface area (Å²) in [6.07, 6.45) is -16.8. The van der Waals surface area contributed by atoms with Crippen LogP contribution in [-0.4, -0.2) is 18.8 Å². The first-order valence-corrected chi connectivity index (χ1v) is 8.07. The average molecular weight is 443 g/mol. The van der Waals surface area contributed by atoms with E-state index in [2.05, 4.69) is 4.74 Å². The summed E-state index contributed by atoms with van der Waals surface area (Å²) in [7, 11) is 0. The second-order valence-electron chi connectivity index (χ2n) is 6.41. The van der Waals surface area contributed by atoms with Crippen molar-refractivity contribution < 1.29 is 49.0 Å². The van der Waals surface area contributed by atoms with Crippen LogP contribution in [-0.2, 0) is 22.7 Å². The van der Waals surface area contributed by atoms with Gasteiger partial charge in [-0.05, 0) is 30.3 Å². The zero-order chi connectivity index (χ0) is 22.5. The quantitative estimate of drug-likeness (QED) is 0.522. The molecule has 0 spiro atoms. The van der Waals surface area contributed by atoms with Gasteiger partial charge in [-0.1, -0.05) is 18.2 Å². The van der Waals surface area contributed by atoms with Gasteiger partial charge in [-0.25, -0.2) is 4.79 Å². The Morgan fingerprint density at radius 2 is 1.33 bits per heavy atom. The predicted octanol–water partition coefficient (Wildman–Crippen LogP) is 6.14. The third kappa shape index (κ3) is 3.77. The van der Waals surface area contributed by atoms with Crippen LogP contribution in [0, 0.1) is 0 Å². The van der Waals surface area contributed by atoms with Gasteiger partial charge in [0, 0.05) is 11.3 Å². The summed E-state index contributed by atoms with van der Waals surface area (Å²) in [5, 5.41) is 0. The van der Waals surface area contributed by atoms with Crippen molar-refractivity contribution in [2.45, 2.75) is 24.1 Å². The Morgan fingerprint density at radius 3 is 1.87 bits per heavy atom. The van der Waals surface area contributed by atoms with Crippen molar-refractivity contribution in [3.05, 3.63) is 65.2 Å². The number of carbonyl (C=O) groups is 1. The molecule has 1 fully saturated rings. The minimum atomic E-state index is -5.36. The molecule has 1 aliphatic heterocycles. The average Bonchev–Trinajstić information content (AvgIpc) is 2.99. The SMILES string of the molecule is O=C1OC(c2cccc(C(F)(F)F)c2)(C(F)(F)F)CN1c1cccc(C(F)(F)F)c1. The summed E-state index contributed by atoms with van der Waals surface area (Å²) in [6.45, 7) is -1.36. The van der Waals surface area contributed by atoms with Crippen molar-refractivity contribution in [1.82, 2.24) is 0 Å². The lowest BCUT2D eigenvalue weighted by Crippen LogP contribution is -2.46. The Kier molecular flexibility index (Phi) is 4.94. The van der Waals surface area contributed by atoms with Crippen LogP contribution < -0.4 is 4.90 Å². The molecular weight excluding hydrogens is 433 g/mol. The molecule has 30 heavy (non-hydrogen) atoms. The molecular formula is C18H10F9NO2. The van der Waals surface area contributed by atoms with E-state index in [0.29, 0.717) is 35.2 Å². The van der Waals surface area contributed by atoms with Crippen LogP contribution in [0.2, 0.25) is 0 Å². The molecule has 0 bridgehead atoms. The molecule has 0 radical (unpaired) electrons. The monoisotopic (exact) mass is 443 g/mol. The molecule has 1 heterocycles. The van der Waals surface area contributed by atoms with Gasteiger partial charge in [0.05, 0.1) is 17.7 Å². The van der Waals surface area contributed by atoms with E-state index >= 15 is 0 Å². The van der Waals surface area contributed by atoms with Crippen LogP contribution in [0.5, 0.6) is 0 Å². The lowest BCUT2D eigenvalue weighted by molar-refractivity contribution is -0.250. The maximum Gasteiger partial charge on any atom is 0.434 e. The molecule has 1 atom stereocenters. The fourth-order valence-electron chi connectivity index (χ4n) is 2.98. The van der Waals surface area contributed by atoms with E-state index < -0.39 is 59.1 Å². The molecule has 1 unspecified atom stereocenters. The molecule has 2 aromatic rings. The predicted molar refractivity (Wildman–Crippen MR) is 84.4 cm³/mol. The summed E-state index contributed by atoms with van der Waals surface area (Å²) in [6, 6.07) is 5.07. The first-order chi connectivity index (χ1) is 13.6. The zero-order valence-corrected chi connectivity index (χ0v) is 14.5. The van der Waals surface area contributed by atoms with E-state index in [-0.39, 0.29) is 6.07 Å². The van der Waals surface area contributed by atoms with Crippen LogP contribution in [0.15, 0.2) is 48.5 Å². The molecule has 1 aliphatic rings. The molecule has 3 rings (SSSR count). The number of anilines is 1. The molecule has 0 aromatic heterocycles. The lowest BCUT2D eigenvalue weighted by Gasteiger charge is -2.30. The number of hydrogen-bond donors (Lipinski definition) is 0. The van der Waals surface area contributed by atoms with Crippen molar-refractivity contribution in [2.75, 3.05) is 11.4 Å². The van der Waals surface area contributed by atoms with E-state index in [1.807, 2.05) is 0 Å². The van der Waals surface area contributed by atoms with Crippen molar-refractivity contribution >= 4 is 11.8 Å². The van der Waals surface area contributed by atoms with Crippen molar-refractivity contribution in [3.63, 3.8) is 0 Å². The second-order valence-corrected chi connectivity index (χ2v) is 6.41. The number of carbonyl (C=O) groups excluding carboxylic acids is 1. The van der Waals surface area contributed by atoms with E-state index in [4.69, 9.17) is 0 Å². The first kappa shape index (κ1) is 21.8. The summed E-state index contributed by atoms with van der Waals surface area (Å²) in [5.74, 6) is 0. The van der Waals surface area contributed by atoms with Crippen LogP contribution in [0.3, 0.4) is 0 Å². The standard InChI is InChI=1S/C18H10F9NO2/c19-16(20,21)11-4-1-3-10(7-11)15(18(25,26)27)9-28(14(29)30-15)13-6-2-5-12(8-13)17(22,23)24/h1-8H,9H2. The molecule has 3 nitrogen and oxygen atoms in total. The summed E-state index contributed by atoms with van der Waals surface area (Å²) >= 11 is 0. The molecule has 0 N–H and O–H groups in total. The Hall–Kier alpha value is -2.92. The fourth-order valence-corrected chi connectivity index (χ4v) is 2.98. The van der Waals surface area contributed by atoms with Gasteiger partial charge in [0.1, 0.15) is 0 Å². The number of halogens is 9. The topological polar surface area (TPSA) is 29.5 Å². The van der Waals surface area contributed by atoms with E-state index in [0.717, 1.165) is 12.1 Å². The Bertz CT molecular complexity index is 965. The molecule has 0 aliphatic carbocycles. The number of rotatable bonds is 2. The number of benzene rings is 2. The third-order valence-corrected chi connectivity index (χ3v) is 4.46. The van der Waals surface area contributed by atoms with Crippen molar-refractivity contribution in [1.29, 1.82) is 0 Å². The van der Waals surface area contributed by atoms with Gasteiger partial charge < -0.3 is 4.74 Å². The number of alkyl halides is 9. The molecule has 162 valence electrons. The highest BCUT2D eigenvalue weighted by Gasteiger charge is 2.65. The number of hydrogen-bond acceptors (Lipinski definition) is 2. The van der Waals surface area contributed by atoms with Gasteiger partial charge >= 0.3 is 24.6 Å². The van der Waals surface area contributed by atoms with E-state index in [1.165, 1.54) is 0 Å². The minimum Gasteiger partial charge on any atom is -0.426 e. The Balaban J connectivity index is 2.09. The van der Waals surface area contributed by atoms with Gasteiger partial charge in [0.25, 0.3) is 5.60 Å². The zero-order valence-electron chi connectivity index (χ0n) is 14.5. The van der Waals surface area contributed by atoms with Crippen LogP contribution >= 0.6 is 0 Å². The summed E-state index contributed by atoms with van der Waals surface area (Å²) in [5.41, 5.74) is -7.69. The molecule has 1 saturated heterocycles. The third-order valence-electron chi connectivity index (χ3n) is 4.46. The number of amides is 1. The Morgan fingerprint density at radius 1 is 0.800 bits per heavy atom. The summed E-state index contributed by atoms with van der Waals surface area (Å²) in [4.78, 5) is 12.4. The van der Waals surface area contributed by atoms with E-state index in [1.54, 1.807) is 0 Å². The largest absolute Gasteiger partial charge is 0.434 e. The normalized spacial score (nSPS) is 20.4. The maximum absolute atomic E-state index is 13.9. The van der Waals surface area contributed by atoms with Gasteiger partial charge in [-0.2, -0.15) is 39.5 Å². The maximum atomic E-state index is 13.9. The smallest absolute Gasteiger partial charge is 0.426 e. The molecule has 1 amide bonds. The number of ether oxygens (including phenoxy) is 1. The highest BCUT2D eigenvalue weighted by Crippen LogP contribution is 2.48. The molecule has 0 saturated carbocycles. The van der Waals surface area contributed by atoms with Gasteiger partial charge in [0.2, 0.25) is 0 Å². The minimum absolute atomic E-state index is 0.191. The first-order valence-electron chi connectivity index (χ1n) is 8.07. The van der Waals surface area contributed by atoms with Crippen LogP contribution in [0.25, 0.3) is 0 Å². The van der Waals surface area contributed by atoms with Gasteiger partial charge in [-0.15, -0.1) is 0 Å². The highest BCUT2D eigenvalue weighted by molar-refractivity contribution is 5.90. The molecule has 12 heteroatoms.